The summed E-state index contributed by atoms with van der Waals surface area (Å²) in [4.78, 5) is 30.7. The lowest BCUT2D eigenvalue weighted by Crippen LogP contribution is -2.18. The predicted octanol–water partition coefficient (Wildman–Crippen LogP) is 0.0210. The quantitative estimate of drug-likeness (QED) is 0.462. The van der Waals surface area contributed by atoms with Crippen LogP contribution in [0.1, 0.15) is 20.7 Å². The van der Waals surface area contributed by atoms with Crippen LogP contribution in [0.4, 0.5) is 4.79 Å². The summed E-state index contributed by atoms with van der Waals surface area (Å²) in [5.41, 5.74) is 9.22. The number of hydrogen-bond acceptors (Lipinski definition) is 4. The van der Waals surface area contributed by atoms with Crippen LogP contribution in [-0.4, -0.2) is 18.0 Å². The topological polar surface area (TPSA) is 112 Å². The van der Waals surface area contributed by atoms with Crippen molar-refractivity contribution in [3.8, 4) is 0 Å². The van der Waals surface area contributed by atoms with Crippen molar-refractivity contribution in [1.29, 1.82) is 0 Å². The average Bonchev–Trinajstić information content (AvgIpc) is 2.43. The van der Waals surface area contributed by atoms with E-state index in [0.717, 1.165) is 0 Å². The van der Waals surface area contributed by atoms with Gasteiger partial charge in [0.25, 0.3) is 0 Å². The zero-order valence-corrected chi connectivity index (χ0v) is 7.60. The summed E-state index contributed by atoms with van der Waals surface area (Å²) in [5.74, 6) is -1.10. The number of primary amides is 2. The first kappa shape index (κ1) is 10.7. The number of hydrogen-bond donors (Lipinski definition) is 2. The van der Waals surface area contributed by atoms with Crippen LogP contribution in [0.15, 0.2) is 24.3 Å². The lowest BCUT2D eigenvalue weighted by atomic mass is 10.1. The highest BCUT2D eigenvalue weighted by Crippen LogP contribution is 2.18. The molecule has 0 aliphatic carbocycles. The van der Waals surface area contributed by atoms with Crippen LogP contribution in [0.25, 0.3) is 0 Å². The number of carbonyl (C=O) groups excluding carboxylic acids is 3. The standard InChI is InChI=1S/C8H4O3.CH4N2O/c9-7-5-3-1-2-4-6(5)8(10)11-7;2-1(3)4/h1-4H;(H4,2,3,4). The molecule has 2 rings (SSSR count). The summed E-state index contributed by atoms with van der Waals surface area (Å²) < 4.78 is 4.35. The number of amides is 2. The molecule has 0 radical (unpaired) electrons. The molecule has 6 heteroatoms. The van der Waals surface area contributed by atoms with Crippen LogP contribution in [0.5, 0.6) is 0 Å². The van der Waals surface area contributed by atoms with E-state index in [1.807, 2.05) is 0 Å². The Bertz CT molecular complexity index is 391. The fourth-order valence-electron chi connectivity index (χ4n) is 1.03. The Labute approximate surface area is 84.8 Å². The van der Waals surface area contributed by atoms with E-state index in [4.69, 9.17) is 4.79 Å². The Morgan fingerprint density at radius 1 is 1.00 bits per heavy atom. The largest absolute Gasteiger partial charge is 0.386 e. The van der Waals surface area contributed by atoms with Gasteiger partial charge in [0.2, 0.25) is 0 Å². The molecule has 1 aromatic carbocycles. The van der Waals surface area contributed by atoms with Crippen molar-refractivity contribution in [3.05, 3.63) is 35.4 Å². The number of carbonyl (C=O) groups is 3. The van der Waals surface area contributed by atoms with Gasteiger partial charge in [-0.3, -0.25) is 0 Å². The molecule has 0 saturated heterocycles. The van der Waals surface area contributed by atoms with Gasteiger partial charge >= 0.3 is 18.0 Å². The molecule has 1 aromatic rings. The number of nitrogens with two attached hydrogens (primary N) is 2. The van der Waals surface area contributed by atoms with Crippen molar-refractivity contribution in [3.63, 3.8) is 0 Å². The summed E-state index contributed by atoms with van der Waals surface area (Å²) in [6.07, 6.45) is 0. The zero-order valence-electron chi connectivity index (χ0n) is 7.60. The van der Waals surface area contributed by atoms with Crippen molar-refractivity contribution in [2.24, 2.45) is 11.5 Å². The fraction of sp³-hybridized carbons (Fsp3) is 0. The summed E-state index contributed by atoms with van der Waals surface area (Å²) in [6, 6.07) is 5.70. The van der Waals surface area contributed by atoms with E-state index in [1.165, 1.54) is 0 Å². The molecule has 0 saturated carbocycles. The van der Waals surface area contributed by atoms with Crippen LogP contribution in [0.3, 0.4) is 0 Å². The third-order valence-electron chi connectivity index (χ3n) is 1.55. The summed E-state index contributed by atoms with van der Waals surface area (Å²) in [5, 5.41) is 0. The number of cyclic esters (lactones) is 2. The number of benzene rings is 1. The van der Waals surface area contributed by atoms with Gasteiger partial charge in [0, 0.05) is 0 Å². The molecule has 0 atom stereocenters. The van der Waals surface area contributed by atoms with E-state index in [9.17, 15) is 9.59 Å². The maximum atomic E-state index is 10.8. The minimum absolute atomic E-state index is 0.359. The third kappa shape index (κ3) is 2.53. The van der Waals surface area contributed by atoms with Crippen LogP contribution >= 0.6 is 0 Å². The Kier molecular flexibility index (Phi) is 3.02. The molecule has 0 fully saturated rings. The van der Waals surface area contributed by atoms with Gasteiger partial charge in [0.05, 0.1) is 11.1 Å². The molecule has 1 aliphatic heterocycles. The third-order valence-corrected chi connectivity index (χ3v) is 1.55. The molecule has 78 valence electrons. The monoisotopic (exact) mass is 208 g/mol. The lowest BCUT2D eigenvalue weighted by molar-refractivity contribution is 0.0443. The molecule has 4 N–H and O–H groups in total. The van der Waals surface area contributed by atoms with Gasteiger partial charge in [0.15, 0.2) is 0 Å². The molecular formula is C9H8N2O4. The summed E-state index contributed by atoms with van der Waals surface area (Å²) in [6.45, 7) is 0. The van der Waals surface area contributed by atoms with Gasteiger partial charge in [-0.2, -0.15) is 0 Å². The molecule has 15 heavy (non-hydrogen) atoms. The summed E-state index contributed by atoms with van der Waals surface area (Å²) >= 11 is 0. The molecule has 0 unspecified atom stereocenters. The van der Waals surface area contributed by atoms with E-state index >= 15 is 0 Å². The van der Waals surface area contributed by atoms with Crippen molar-refractivity contribution in [1.82, 2.24) is 0 Å². The normalized spacial score (nSPS) is 12.3. The molecule has 6 nitrogen and oxygen atoms in total. The van der Waals surface area contributed by atoms with Crippen molar-refractivity contribution in [2.45, 2.75) is 0 Å². The zero-order chi connectivity index (χ0) is 11.4. The molecule has 0 spiro atoms. The number of urea groups is 1. The van der Waals surface area contributed by atoms with Gasteiger partial charge in [0.1, 0.15) is 0 Å². The molecule has 1 heterocycles. The highest BCUT2D eigenvalue weighted by Gasteiger charge is 2.28. The van der Waals surface area contributed by atoms with Gasteiger partial charge in [-0.1, -0.05) is 12.1 Å². The van der Waals surface area contributed by atoms with Gasteiger partial charge in [-0.05, 0) is 12.1 Å². The molecular weight excluding hydrogens is 200 g/mol. The van der Waals surface area contributed by atoms with Crippen molar-refractivity contribution >= 4 is 18.0 Å². The Hall–Kier alpha value is -2.37. The fourth-order valence-corrected chi connectivity index (χ4v) is 1.03. The van der Waals surface area contributed by atoms with Crippen molar-refractivity contribution in [2.75, 3.05) is 0 Å². The second-order valence-corrected chi connectivity index (χ2v) is 2.62. The highest BCUT2D eigenvalue weighted by molar-refractivity contribution is 6.14. The predicted molar refractivity (Wildman–Crippen MR) is 50.0 cm³/mol. The van der Waals surface area contributed by atoms with E-state index in [-0.39, 0.29) is 0 Å². The number of fused-ring (bicyclic) bond motifs is 1. The van der Waals surface area contributed by atoms with Crippen LogP contribution in [0, 0.1) is 0 Å². The maximum absolute atomic E-state index is 10.8. The van der Waals surface area contributed by atoms with Crippen LogP contribution in [0.2, 0.25) is 0 Å². The van der Waals surface area contributed by atoms with Crippen LogP contribution < -0.4 is 11.5 Å². The highest BCUT2D eigenvalue weighted by atomic mass is 16.6. The molecule has 1 aliphatic rings. The van der Waals surface area contributed by atoms with Gasteiger partial charge < -0.3 is 16.2 Å². The average molecular weight is 208 g/mol. The minimum atomic E-state index is -0.833. The first-order valence-corrected chi connectivity index (χ1v) is 3.93. The SMILES string of the molecule is NC(N)=O.O=C1OC(=O)c2ccccc21. The Balaban J connectivity index is 0.000000245. The first-order valence-electron chi connectivity index (χ1n) is 3.93. The first-order chi connectivity index (χ1) is 7.02. The molecule has 0 aromatic heterocycles. The Morgan fingerprint density at radius 2 is 1.33 bits per heavy atom. The van der Waals surface area contributed by atoms with E-state index in [1.54, 1.807) is 24.3 Å². The molecule has 2 amide bonds. The van der Waals surface area contributed by atoms with Gasteiger partial charge in [-0.15, -0.1) is 0 Å². The smallest absolute Gasteiger partial charge is 0.346 e. The minimum Gasteiger partial charge on any atom is -0.386 e. The van der Waals surface area contributed by atoms with Crippen LogP contribution in [-0.2, 0) is 4.74 Å². The number of ether oxygens (including phenoxy) is 1. The second kappa shape index (κ2) is 4.23. The molecule has 0 bridgehead atoms. The second-order valence-electron chi connectivity index (χ2n) is 2.62. The summed E-state index contributed by atoms with van der Waals surface area (Å²) in [7, 11) is 0. The number of rotatable bonds is 0. The maximum Gasteiger partial charge on any atom is 0.346 e. The van der Waals surface area contributed by atoms with E-state index in [2.05, 4.69) is 16.2 Å². The van der Waals surface area contributed by atoms with E-state index < -0.39 is 18.0 Å². The van der Waals surface area contributed by atoms with E-state index in [0.29, 0.717) is 11.1 Å². The van der Waals surface area contributed by atoms with Crippen molar-refractivity contribution < 1.29 is 19.1 Å². The number of esters is 2. The lowest BCUT2D eigenvalue weighted by Gasteiger charge is -1.86. The van der Waals surface area contributed by atoms with Gasteiger partial charge in [-0.25, -0.2) is 14.4 Å². The Morgan fingerprint density at radius 3 is 1.67 bits per heavy atom.